The van der Waals surface area contributed by atoms with E-state index < -0.39 is 12.6 Å². The zero-order chi connectivity index (χ0) is 19.9. The van der Waals surface area contributed by atoms with Crippen LogP contribution in [-0.2, 0) is 0 Å². The maximum atomic E-state index is 12.2. The minimum Gasteiger partial charge on any atom is -0.371 e. The molecular formula is C21H29F3N2S. The zero-order valence-corrected chi connectivity index (χ0v) is 16.7. The van der Waals surface area contributed by atoms with Gasteiger partial charge in [0.2, 0.25) is 0 Å². The molecule has 2 unspecified atom stereocenters. The lowest BCUT2D eigenvalue weighted by Gasteiger charge is -2.29. The van der Waals surface area contributed by atoms with E-state index in [-0.39, 0.29) is 6.04 Å². The summed E-state index contributed by atoms with van der Waals surface area (Å²) in [5.74, 6) is 1.22. The number of hydrogen-bond acceptors (Lipinski definition) is 3. The second-order valence-corrected chi connectivity index (χ2v) is 8.11. The molecule has 0 aromatic rings. The molecule has 3 rings (SSSR count). The van der Waals surface area contributed by atoms with Gasteiger partial charge in [-0.05, 0) is 43.1 Å². The van der Waals surface area contributed by atoms with Crippen molar-refractivity contribution in [3.8, 4) is 0 Å². The van der Waals surface area contributed by atoms with Gasteiger partial charge in [-0.1, -0.05) is 30.4 Å². The summed E-state index contributed by atoms with van der Waals surface area (Å²) in [4.78, 5) is 3.78. The van der Waals surface area contributed by atoms with E-state index in [1.165, 1.54) is 22.4 Å². The largest absolute Gasteiger partial charge is 0.392 e. The van der Waals surface area contributed by atoms with Gasteiger partial charge < -0.3 is 10.2 Å². The Morgan fingerprint density at radius 1 is 1.33 bits per heavy atom. The van der Waals surface area contributed by atoms with Crippen LogP contribution in [0.15, 0.2) is 59.8 Å². The first-order valence-corrected chi connectivity index (χ1v) is 10.3. The van der Waals surface area contributed by atoms with Crippen molar-refractivity contribution < 1.29 is 13.2 Å². The summed E-state index contributed by atoms with van der Waals surface area (Å²) >= 11 is 1.96. The average molecular weight is 399 g/mol. The van der Waals surface area contributed by atoms with Crippen molar-refractivity contribution in [1.82, 2.24) is 10.2 Å². The highest BCUT2D eigenvalue weighted by Crippen LogP contribution is 2.41. The van der Waals surface area contributed by atoms with Crippen molar-refractivity contribution in [3.63, 3.8) is 0 Å². The minimum atomic E-state index is -4.11. The summed E-state index contributed by atoms with van der Waals surface area (Å²) < 4.78 is 36.7. The summed E-state index contributed by atoms with van der Waals surface area (Å²) in [6.45, 7) is 10.0. The first-order chi connectivity index (χ1) is 12.9. The topological polar surface area (TPSA) is 15.3 Å². The van der Waals surface area contributed by atoms with Crippen LogP contribution in [0, 0.1) is 0 Å². The third-order valence-corrected chi connectivity index (χ3v) is 6.18. The van der Waals surface area contributed by atoms with E-state index in [2.05, 4.69) is 48.5 Å². The summed E-state index contributed by atoms with van der Waals surface area (Å²) in [5.41, 5.74) is 1.48. The van der Waals surface area contributed by atoms with E-state index in [1.807, 2.05) is 11.8 Å². The molecule has 150 valence electrons. The smallest absolute Gasteiger partial charge is 0.371 e. The molecule has 0 aromatic carbocycles. The molecule has 2 atom stereocenters. The molecule has 0 saturated carbocycles. The van der Waals surface area contributed by atoms with E-state index in [0.717, 1.165) is 32.4 Å². The van der Waals surface area contributed by atoms with E-state index in [4.69, 9.17) is 0 Å². The Kier molecular flexibility index (Phi) is 8.14. The van der Waals surface area contributed by atoms with Crippen molar-refractivity contribution in [1.29, 1.82) is 0 Å². The van der Waals surface area contributed by atoms with Gasteiger partial charge in [0, 0.05) is 19.1 Å². The van der Waals surface area contributed by atoms with Crippen LogP contribution in [0.2, 0.25) is 0 Å². The van der Waals surface area contributed by atoms with Gasteiger partial charge in [0.25, 0.3) is 0 Å². The normalized spacial score (nSPS) is 23.0. The van der Waals surface area contributed by atoms with Crippen LogP contribution in [0.1, 0.15) is 39.0 Å². The Morgan fingerprint density at radius 3 is 2.78 bits per heavy atom. The Morgan fingerprint density at radius 2 is 2.11 bits per heavy atom. The second kappa shape index (κ2) is 10.1. The number of nitrogens with zero attached hydrogens (tertiary/aromatic N) is 1. The van der Waals surface area contributed by atoms with Gasteiger partial charge >= 0.3 is 6.18 Å². The molecule has 27 heavy (non-hydrogen) atoms. The predicted molar refractivity (Wildman–Crippen MR) is 109 cm³/mol. The van der Waals surface area contributed by atoms with Crippen LogP contribution >= 0.6 is 11.8 Å². The number of halogens is 3. The highest BCUT2D eigenvalue weighted by atomic mass is 32.2. The fourth-order valence-electron chi connectivity index (χ4n) is 3.53. The lowest BCUT2D eigenvalue weighted by Crippen LogP contribution is -2.36. The fraction of sp³-hybridized carbons (Fsp3) is 0.524. The second-order valence-electron chi connectivity index (χ2n) is 6.78. The Bertz CT molecular complexity index is 619. The summed E-state index contributed by atoms with van der Waals surface area (Å²) in [6.07, 6.45) is 8.44. The number of rotatable bonds is 6. The van der Waals surface area contributed by atoms with E-state index in [9.17, 15) is 13.2 Å². The standard InChI is InChI=1S/C19H25F3N2S.C2H4/c1-14(7-5-6-11-19(20,21)22)24-13-17(16-10-12-23-18(16)24)25-15-8-3-2-4-9-15;1-2/h2-3,5-6,8,14,17,23H,4,7,9-13H2,1H3;1-2H2/b6-5-;. The van der Waals surface area contributed by atoms with Gasteiger partial charge in [0.15, 0.2) is 0 Å². The van der Waals surface area contributed by atoms with Crippen LogP contribution in [0.25, 0.3) is 0 Å². The lowest BCUT2D eigenvalue weighted by atomic mass is 10.2. The molecule has 0 amide bonds. The van der Waals surface area contributed by atoms with Crippen LogP contribution in [0.3, 0.4) is 0 Å². The Labute approximate surface area is 165 Å². The Hall–Kier alpha value is -1.56. The van der Waals surface area contributed by atoms with Crippen molar-refractivity contribution >= 4 is 11.8 Å². The van der Waals surface area contributed by atoms with Gasteiger partial charge in [0.05, 0.1) is 11.7 Å². The molecule has 2 heterocycles. The number of allylic oxidation sites excluding steroid dienone is 5. The monoisotopic (exact) mass is 398 g/mol. The molecular weight excluding hydrogens is 369 g/mol. The molecule has 0 spiro atoms. The maximum Gasteiger partial charge on any atom is 0.392 e. The molecule has 1 aliphatic carbocycles. The molecule has 0 saturated heterocycles. The van der Waals surface area contributed by atoms with E-state index in [0.29, 0.717) is 11.7 Å². The number of nitrogens with one attached hydrogen (secondary N) is 1. The lowest BCUT2D eigenvalue weighted by molar-refractivity contribution is -0.125. The first-order valence-electron chi connectivity index (χ1n) is 9.41. The number of thioether (sulfide) groups is 1. The zero-order valence-electron chi connectivity index (χ0n) is 15.9. The molecule has 3 aliphatic rings. The van der Waals surface area contributed by atoms with Crippen LogP contribution < -0.4 is 5.32 Å². The fourth-order valence-corrected chi connectivity index (χ4v) is 4.90. The van der Waals surface area contributed by atoms with Gasteiger partial charge in [-0.2, -0.15) is 13.2 Å². The van der Waals surface area contributed by atoms with Crippen LogP contribution in [0.5, 0.6) is 0 Å². The van der Waals surface area contributed by atoms with Gasteiger partial charge in [-0.25, -0.2) is 0 Å². The van der Waals surface area contributed by atoms with Crippen molar-refractivity contribution in [2.75, 3.05) is 13.1 Å². The highest BCUT2D eigenvalue weighted by Gasteiger charge is 2.36. The molecule has 0 bridgehead atoms. The van der Waals surface area contributed by atoms with Crippen LogP contribution in [-0.4, -0.2) is 35.5 Å². The molecule has 2 aliphatic heterocycles. The van der Waals surface area contributed by atoms with Gasteiger partial charge in [-0.15, -0.1) is 24.9 Å². The molecule has 0 radical (unpaired) electrons. The molecule has 2 nitrogen and oxygen atoms in total. The maximum absolute atomic E-state index is 12.2. The number of alkyl halides is 3. The van der Waals surface area contributed by atoms with E-state index in [1.54, 1.807) is 6.08 Å². The quantitative estimate of drug-likeness (QED) is 0.558. The van der Waals surface area contributed by atoms with Crippen molar-refractivity contribution in [3.05, 3.63) is 59.8 Å². The summed E-state index contributed by atoms with van der Waals surface area (Å²) in [7, 11) is 0. The minimum absolute atomic E-state index is 0.200. The third-order valence-electron chi connectivity index (χ3n) is 4.82. The summed E-state index contributed by atoms with van der Waals surface area (Å²) in [6, 6.07) is 0.200. The first kappa shape index (κ1) is 21.7. The van der Waals surface area contributed by atoms with Crippen molar-refractivity contribution in [2.24, 2.45) is 0 Å². The summed E-state index contributed by atoms with van der Waals surface area (Å²) in [5, 5.41) is 3.95. The SMILES string of the molecule is C=C.CC(C/C=C\CC(F)(F)F)N1CC(SC2=CC=CCC2)C2=C1NCC2. The van der Waals surface area contributed by atoms with Crippen molar-refractivity contribution in [2.45, 2.75) is 56.5 Å². The molecule has 6 heteroatoms. The van der Waals surface area contributed by atoms with E-state index >= 15 is 0 Å². The van der Waals surface area contributed by atoms with Gasteiger partial charge in [0.1, 0.15) is 5.82 Å². The highest BCUT2D eigenvalue weighted by molar-refractivity contribution is 8.03. The average Bonchev–Trinajstić information content (AvgIpc) is 3.24. The predicted octanol–water partition coefficient (Wildman–Crippen LogP) is 5.93. The molecule has 0 aromatic heterocycles. The van der Waals surface area contributed by atoms with Gasteiger partial charge in [-0.3, -0.25) is 0 Å². The number of hydrogen-bond donors (Lipinski definition) is 1. The Balaban J connectivity index is 0.00000126. The van der Waals surface area contributed by atoms with Crippen LogP contribution in [0.4, 0.5) is 13.2 Å². The molecule has 0 fully saturated rings. The third kappa shape index (κ3) is 6.23. The molecule has 1 N–H and O–H groups in total.